The second-order valence-electron chi connectivity index (χ2n) is 8.19. The molecule has 1 saturated heterocycles. The minimum atomic E-state index is -0.0346. The highest BCUT2D eigenvalue weighted by atomic mass is 32.1. The smallest absolute Gasteiger partial charge is 0.309 e. The molecule has 2 aromatic heterocycles. The highest BCUT2D eigenvalue weighted by Gasteiger charge is 2.25. The van der Waals surface area contributed by atoms with Crippen molar-refractivity contribution in [2.75, 3.05) is 26.2 Å². The molecule has 0 amide bonds. The number of aromatic amines is 1. The quantitative estimate of drug-likeness (QED) is 0.383. The largest absolute Gasteiger partial charge is 0.466 e. The Labute approximate surface area is 191 Å². The number of H-pyrrole nitrogens is 1. The van der Waals surface area contributed by atoms with Crippen LogP contribution in [0.25, 0.3) is 21.1 Å². The summed E-state index contributed by atoms with van der Waals surface area (Å²) in [7, 11) is 0. The van der Waals surface area contributed by atoms with Gasteiger partial charge >= 0.3 is 5.97 Å². The van der Waals surface area contributed by atoms with Crippen LogP contribution in [0, 0.1) is 5.92 Å². The minimum absolute atomic E-state index is 0.0346. The van der Waals surface area contributed by atoms with E-state index in [0.717, 1.165) is 60.4 Å². The zero-order valence-electron chi connectivity index (χ0n) is 18.2. The highest BCUT2D eigenvalue weighted by Crippen LogP contribution is 2.33. The van der Waals surface area contributed by atoms with Gasteiger partial charge in [0.2, 0.25) is 0 Å². The van der Waals surface area contributed by atoms with Crippen molar-refractivity contribution in [1.29, 1.82) is 0 Å². The zero-order valence-corrected chi connectivity index (χ0v) is 19.0. The monoisotopic (exact) mass is 449 g/mol. The van der Waals surface area contributed by atoms with Crippen LogP contribution in [-0.2, 0) is 16.0 Å². The van der Waals surface area contributed by atoms with Gasteiger partial charge in [-0.3, -0.25) is 4.79 Å². The molecule has 0 bridgehead atoms. The SMILES string of the molecule is CCOC(=O)C1CCN(CCc2c[nH]c3cc(Oc4nc5ccccc5s4)ccc23)CC1. The summed E-state index contributed by atoms with van der Waals surface area (Å²) in [4.78, 5) is 22.3. The number of thiazole rings is 1. The molecular weight excluding hydrogens is 422 g/mol. The molecule has 1 N–H and O–H groups in total. The molecule has 0 saturated carbocycles. The Morgan fingerprint density at radius 1 is 1.22 bits per heavy atom. The van der Waals surface area contributed by atoms with Crippen molar-refractivity contribution in [3.63, 3.8) is 0 Å². The van der Waals surface area contributed by atoms with E-state index in [2.05, 4.69) is 33.2 Å². The van der Waals surface area contributed by atoms with Crippen molar-refractivity contribution in [1.82, 2.24) is 14.9 Å². The molecule has 0 radical (unpaired) electrons. The Hall–Kier alpha value is -2.90. The van der Waals surface area contributed by atoms with E-state index >= 15 is 0 Å². The Bertz CT molecular complexity index is 1190. The molecule has 2 aromatic carbocycles. The van der Waals surface area contributed by atoms with Crippen LogP contribution in [0.4, 0.5) is 0 Å². The number of benzene rings is 2. The molecule has 1 aliphatic heterocycles. The molecule has 1 aliphatic rings. The van der Waals surface area contributed by atoms with Gasteiger partial charge < -0.3 is 19.4 Å². The van der Waals surface area contributed by atoms with Crippen LogP contribution < -0.4 is 4.74 Å². The molecule has 0 atom stereocenters. The van der Waals surface area contributed by atoms with E-state index in [1.54, 1.807) is 11.3 Å². The maximum Gasteiger partial charge on any atom is 0.309 e. The summed E-state index contributed by atoms with van der Waals surface area (Å²) in [5, 5.41) is 1.88. The van der Waals surface area contributed by atoms with E-state index in [1.165, 1.54) is 10.9 Å². The lowest BCUT2D eigenvalue weighted by molar-refractivity contribution is -0.149. The van der Waals surface area contributed by atoms with Gasteiger partial charge in [0, 0.05) is 29.7 Å². The fourth-order valence-corrected chi connectivity index (χ4v) is 5.20. The van der Waals surface area contributed by atoms with E-state index in [4.69, 9.17) is 9.47 Å². The summed E-state index contributed by atoms with van der Waals surface area (Å²) in [5.41, 5.74) is 3.33. The molecule has 3 heterocycles. The lowest BCUT2D eigenvalue weighted by Gasteiger charge is -2.30. The fraction of sp³-hybridized carbons (Fsp3) is 0.360. The molecule has 0 unspecified atom stereocenters. The number of hydrogen-bond donors (Lipinski definition) is 1. The van der Waals surface area contributed by atoms with Crippen LogP contribution >= 0.6 is 11.3 Å². The van der Waals surface area contributed by atoms with Crippen molar-refractivity contribution in [2.24, 2.45) is 5.92 Å². The molecule has 166 valence electrons. The lowest BCUT2D eigenvalue weighted by Crippen LogP contribution is -2.38. The number of esters is 1. The van der Waals surface area contributed by atoms with Crippen molar-refractivity contribution < 1.29 is 14.3 Å². The number of hydrogen-bond acceptors (Lipinski definition) is 6. The number of nitrogens with zero attached hydrogens (tertiary/aromatic N) is 2. The molecule has 6 nitrogen and oxygen atoms in total. The van der Waals surface area contributed by atoms with Gasteiger partial charge in [-0.25, -0.2) is 4.98 Å². The van der Waals surface area contributed by atoms with Crippen LogP contribution in [0.2, 0.25) is 0 Å². The van der Waals surface area contributed by atoms with Crippen LogP contribution in [0.15, 0.2) is 48.7 Å². The topological polar surface area (TPSA) is 67.5 Å². The van der Waals surface area contributed by atoms with E-state index in [1.807, 2.05) is 37.3 Å². The predicted molar refractivity (Wildman–Crippen MR) is 127 cm³/mol. The van der Waals surface area contributed by atoms with Crippen molar-refractivity contribution in [3.05, 3.63) is 54.2 Å². The standard InChI is InChI=1S/C25H27N3O3S/c1-2-30-24(29)17-9-12-28(13-10-17)14-11-18-16-26-22-15-19(7-8-20(18)22)31-25-27-21-5-3-4-6-23(21)32-25/h3-8,15-17,26H,2,9-14H2,1H3. The van der Waals surface area contributed by atoms with Crippen LogP contribution in [0.3, 0.4) is 0 Å². The zero-order chi connectivity index (χ0) is 21.9. The first-order valence-corrected chi connectivity index (χ1v) is 12.0. The third-order valence-electron chi connectivity index (χ3n) is 6.12. The Morgan fingerprint density at radius 3 is 2.88 bits per heavy atom. The maximum absolute atomic E-state index is 11.9. The number of likely N-dealkylation sites (tertiary alicyclic amines) is 1. The Morgan fingerprint density at radius 2 is 2.06 bits per heavy atom. The highest BCUT2D eigenvalue weighted by molar-refractivity contribution is 7.20. The Balaban J connectivity index is 1.19. The summed E-state index contributed by atoms with van der Waals surface area (Å²) >= 11 is 1.55. The van der Waals surface area contributed by atoms with Gasteiger partial charge in [0.25, 0.3) is 5.19 Å². The first-order valence-electron chi connectivity index (χ1n) is 11.2. The van der Waals surface area contributed by atoms with Gasteiger partial charge in [-0.1, -0.05) is 23.5 Å². The van der Waals surface area contributed by atoms with E-state index in [0.29, 0.717) is 11.8 Å². The summed E-state index contributed by atoms with van der Waals surface area (Å²) < 4.78 is 12.3. The maximum atomic E-state index is 11.9. The lowest BCUT2D eigenvalue weighted by atomic mass is 9.96. The predicted octanol–water partition coefficient (Wildman–Crippen LogP) is 5.39. The first kappa shape index (κ1) is 21.0. The van der Waals surface area contributed by atoms with E-state index in [9.17, 15) is 4.79 Å². The van der Waals surface area contributed by atoms with Gasteiger partial charge in [0.05, 0.1) is 22.7 Å². The molecule has 0 spiro atoms. The number of carbonyl (C=O) groups excluding carboxylic acids is 1. The van der Waals surface area contributed by atoms with Crippen molar-refractivity contribution in [2.45, 2.75) is 26.2 Å². The number of piperidine rings is 1. The molecule has 7 heteroatoms. The average Bonchev–Trinajstić information content (AvgIpc) is 3.41. The molecule has 32 heavy (non-hydrogen) atoms. The number of nitrogens with one attached hydrogen (secondary N) is 1. The van der Waals surface area contributed by atoms with Gasteiger partial charge in [-0.2, -0.15) is 0 Å². The average molecular weight is 450 g/mol. The van der Waals surface area contributed by atoms with Crippen LogP contribution in [-0.4, -0.2) is 47.1 Å². The molecule has 1 fully saturated rings. The second kappa shape index (κ2) is 9.30. The number of para-hydroxylation sites is 1. The van der Waals surface area contributed by atoms with Crippen molar-refractivity contribution in [3.8, 4) is 10.9 Å². The molecule has 0 aliphatic carbocycles. The van der Waals surface area contributed by atoms with Gasteiger partial charge in [-0.05, 0) is 69.1 Å². The van der Waals surface area contributed by atoms with Gasteiger partial charge in [0.15, 0.2) is 0 Å². The number of ether oxygens (including phenoxy) is 2. The summed E-state index contributed by atoms with van der Waals surface area (Å²) in [5.74, 6) is 0.812. The van der Waals surface area contributed by atoms with Gasteiger partial charge in [-0.15, -0.1) is 0 Å². The number of aromatic nitrogens is 2. The van der Waals surface area contributed by atoms with Gasteiger partial charge in [0.1, 0.15) is 5.75 Å². The third-order valence-corrected chi connectivity index (χ3v) is 7.04. The Kier molecular flexibility index (Phi) is 6.10. The normalized spacial score (nSPS) is 15.4. The number of rotatable bonds is 7. The van der Waals surface area contributed by atoms with E-state index in [-0.39, 0.29) is 11.9 Å². The minimum Gasteiger partial charge on any atom is -0.466 e. The third kappa shape index (κ3) is 4.49. The summed E-state index contributed by atoms with van der Waals surface area (Å²) in [6.07, 6.45) is 4.85. The first-order chi connectivity index (χ1) is 15.7. The summed E-state index contributed by atoms with van der Waals surface area (Å²) in [6.45, 7) is 5.22. The van der Waals surface area contributed by atoms with Crippen LogP contribution in [0.5, 0.6) is 10.9 Å². The summed E-state index contributed by atoms with van der Waals surface area (Å²) in [6, 6.07) is 14.2. The second-order valence-corrected chi connectivity index (χ2v) is 9.18. The van der Waals surface area contributed by atoms with E-state index < -0.39 is 0 Å². The molecule has 4 aromatic rings. The van der Waals surface area contributed by atoms with Crippen molar-refractivity contribution >= 4 is 38.4 Å². The number of carbonyl (C=O) groups is 1. The molecular formula is C25H27N3O3S. The molecule has 5 rings (SSSR count). The fourth-order valence-electron chi connectivity index (χ4n) is 4.36. The number of fused-ring (bicyclic) bond motifs is 2. The van der Waals surface area contributed by atoms with Crippen LogP contribution in [0.1, 0.15) is 25.3 Å².